The van der Waals surface area contributed by atoms with Crippen molar-refractivity contribution in [3.63, 3.8) is 0 Å². The van der Waals surface area contributed by atoms with Crippen LogP contribution in [0.3, 0.4) is 0 Å². The summed E-state index contributed by atoms with van der Waals surface area (Å²) in [6.07, 6.45) is 2.68. The molecule has 0 aliphatic carbocycles. The molecule has 1 aromatic rings. The summed E-state index contributed by atoms with van der Waals surface area (Å²) in [5.41, 5.74) is -0.521. The van der Waals surface area contributed by atoms with Crippen LogP contribution in [-0.4, -0.2) is 38.8 Å². The predicted molar refractivity (Wildman–Crippen MR) is 68.1 cm³/mol. The van der Waals surface area contributed by atoms with Crippen molar-refractivity contribution in [1.29, 1.82) is 0 Å². The maximum Gasteiger partial charge on any atom is 0.240 e. The van der Waals surface area contributed by atoms with Gasteiger partial charge in [0.25, 0.3) is 0 Å². The van der Waals surface area contributed by atoms with Gasteiger partial charge in [0.15, 0.2) is 5.82 Å². The first-order valence-corrected chi connectivity index (χ1v) is 6.73. The Balaban J connectivity index is 1.92. The van der Waals surface area contributed by atoms with Gasteiger partial charge in [0.05, 0.1) is 12.1 Å². The topological polar surface area (TPSA) is 62.4 Å². The molecule has 1 aromatic heterocycles. The Morgan fingerprint density at radius 3 is 2.83 bits per heavy atom. The SMILES string of the molecule is CC(C)c1noc(CN2CCCC(C)(O)CC2)n1. The molecule has 2 heterocycles. The standard InChI is InChI=1S/C13H23N3O2/c1-10(2)12-14-11(18-15-12)9-16-7-4-5-13(3,17)6-8-16/h10,17H,4-9H2,1-3H3. The first kappa shape index (κ1) is 13.5. The van der Waals surface area contributed by atoms with E-state index in [-0.39, 0.29) is 0 Å². The van der Waals surface area contributed by atoms with Gasteiger partial charge < -0.3 is 9.63 Å². The Hall–Kier alpha value is -0.940. The summed E-state index contributed by atoms with van der Waals surface area (Å²) in [7, 11) is 0. The van der Waals surface area contributed by atoms with Gasteiger partial charge in [0.2, 0.25) is 5.89 Å². The monoisotopic (exact) mass is 253 g/mol. The summed E-state index contributed by atoms with van der Waals surface area (Å²) in [5.74, 6) is 1.75. The molecule has 102 valence electrons. The van der Waals surface area contributed by atoms with Gasteiger partial charge in [0.1, 0.15) is 0 Å². The molecule has 0 bridgehead atoms. The van der Waals surface area contributed by atoms with Crippen LogP contribution in [0.25, 0.3) is 0 Å². The Morgan fingerprint density at radius 2 is 2.17 bits per heavy atom. The van der Waals surface area contributed by atoms with E-state index in [9.17, 15) is 5.11 Å². The highest BCUT2D eigenvalue weighted by Gasteiger charge is 2.25. The van der Waals surface area contributed by atoms with E-state index in [1.165, 1.54) is 0 Å². The normalized spacial score (nSPS) is 26.5. The van der Waals surface area contributed by atoms with Crippen molar-refractivity contribution in [3.8, 4) is 0 Å². The van der Waals surface area contributed by atoms with Gasteiger partial charge in [-0.25, -0.2) is 0 Å². The van der Waals surface area contributed by atoms with Gasteiger partial charge in [-0.05, 0) is 32.7 Å². The van der Waals surface area contributed by atoms with Gasteiger partial charge in [-0.1, -0.05) is 19.0 Å². The van der Waals surface area contributed by atoms with Crippen LogP contribution < -0.4 is 0 Å². The third kappa shape index (κ3) is 3.53. The lowest BCUT2D eigenvalue weighted by atomic mass is 9.98. The van der Waals surface area contributed by atoms with E-state index < -0.39 is 5.60 Å². The molecule has 0 radical (unpaired) electrons. The fourth-order valence-corrected chi connectivity index (χ4v) is 2.24. The van der Waals surface area contributed by atoms with Crippen LogP contribution >= 0.6 is 0 Å². The minimum Gasteiger partial charge on any atom is -0.390 e. The van der Waals surface area contributed by atoms with Crippen LogP contribution in [0, 0.1) is 0 Å². The largest absolute Gasteiger partial charge is 0.390 e. The molecule has 1 N–H and O–H groups in total. The first-order chi connectivity index (χ1) is 8.46. The van der Waals surface area contributed by atoms with Gasteiger partial charge in [-0.2, -0.15) is 4.98 Å². The zero-order valence-electron chi connectivity index (χ0n) is 11.5. The number of hydrogen-bond donors (Lipinski definition) is 1. The van der Waals surface area contributed by atoms with E-state index >= 15 is 0 Å². The first-order valence-electron chi connectivity index (χ1n) is 6.73. The van der Waals surface area contributed by atoms with Crippen LogP contribution in [0.1, 0.15) is 57.7 Å². The number of rotatable bonds is 3. The molecule has 0 saturated carbocycles. The zero-order valence-corrected chi connectivity index (χ0v) is 11.5. The lowest BCUT2D eigenvalue weighted by Gasteiger charge is -2.21. The minimum atomic E-state index is -0.521. The van der Waals surface area contributed by atoms with Crippen molar-refractivity contribution in [2.24, 2.45) is 0 Å². The molecule has 1 aliphatic rings. The molecule has 0 spiro atoms. The van der Waals surface area contributed by atoms with Crippen molar-refractivity contribution >= 4 is 0 Å². The van der Waals surface area contributed by atoms with Crippen molar-refractivity contribution < 1.29 is 9.63 Å². The number of hydrogen-bond acceptors (Lipinski definition) is 5. The zero-order chi connectivity index (χ0) is 13.2. The lowest BCUT2D eigenvalue weighted by Crippen LogP contribution is -2.28. The minimum absolute atomic E-state index is 0.298. The number of aliphatic hydroxyl groups is 1. The average molecular weight is 253 g/mol. The van der Waals surface area contributed by atoms with Crippen molar-refractivity contribution in [2.45, 2.75) is 58.1 Å². The van der Waals surface area contributed by atoms with E-state index in [1.54, 1.807) is 0 Å². The van der Waals surface area contributed by atoms with Crippen molar-refractivity contribution in [1.82, 2.24) is 15.0 Å². The maximum absolute atomic E-state index is 10.0. The van der Waals surface area contributed by atoms with Gasteiger partial charge in [-0.15, -0.1) is 0 Å². The second-order valence-electron chi connectivity index (χ2n) is 5.83. The third-order valence-corrected chi connectivity index (χ3v) is 3.52. The predicted octanol–water partition coefficient (Wildman–Crippen LogP) is 1.93. The molecule has 18 heavy (non-hydrogen) atoms. The van der Waals surface area contributed by atoms with Crippen molar-refractivity contribution in [3.05, 3.63) is 11.7 Å². The lowest BCUT2D eigenvalue weighted by molar-refractivity contribution is 0.0440. The summed E-state index contributed by atoms with van der Waals surface area (Å²) in [5, 5.41) is 14.0. The van der Waals surface area contributed by atoms with E-state index in [2.05, 4.69) is 28.9 Å². The number of likely N-dealkylation sites (tertiary alicyclic amines) is 1. The molecule has 5 heteroatoms. The maximum atomic E-state index is 10.0. The van der Waals surface area contributed by atoms with Gasteiger partial charge in [-0.3, -0.25) is 4.90 Å². The summed E-state index contributed by atoms with van der Waals surface area (Å²) in [6, 6.07) is 0. The second kappa shape index (κ2) is 5.36. The van der Waals surface area contributed by atoms with Crippen LogP contribution in [0.5, 0.6) is 0 Å². The number of nitrogens with zero attached hydrogens (tertiary/aromatic N) is 3. The molecule has 1 unspecified atom stereocenters. The molecular formula is C13H23N3O2. The van der Waals surface area contributed by atoms with Gasteiger partial charge in [0, 0.05) is 12.5 Å². The highest BCUT2D eigenvalue weighted by atomic mass is 16.5. The summed E-state index contributed by atoms with van der Waals surface area (Å²) < 4.78 is 5.26. The van der Waals surface area contributed by atoms with E-state index in [1.807, 2.05) is 6.92 Å². The van der Waals surface area contributed by atoms with Gasteiger partial charge >= 0.3 is 0 Å². The third-order valence-electron chi connectivity index (χ3n) is 3.52. The fourth-order valence-electron chi connectivity index (χ4n) is 2.24. The van der Waals surface area contributed by atoms with Crippen LogP contribution in [0.15, 0.2) is 4.52 Å². The summed E-state index contributed by atoms with van der Waals surface area (Å²) >= 11 is 0. The summed E-state index contributed by atoms with van der Waals surface area (Å²) in [6.45, 7) is 8.58. The van der Waals surface area contributed by atoms with E-state index in [0.29, 0.717) is 18.4 Å². The Morgan fingerprint density at radius 1 is 1.39 bits per heavy atom. The van der Waals surface area contributed by atoms with Crippen LogP contribution in [0.4, 0.5) is 0 Å². The Kier molecular flexibility index (Phi) is 4.02. The van der Waals surface area contributed by atoms with E-state index in [4.69, 9.17) is 4.52 Å². The Bertz CT molecular complexity index is 387. The fraction of sp³-hybridized carbons (Fsp3) is 0.846. The molecular weight excluding hydrogens is 230 g/mol. The molecule has 2 rings (SSSR count). The summed E-state index contributed by atoms with van der Waals surface area (Å²) in [4.78, 5) is 6.67. The molecule has 0 amide bonds. The molecule has 5 nitrogen and oxygen atoms in total. The van der Waals surface area contributed by atoms with E-state index in [0.717, 1.165) is 38.2 Å². The molecule has 1 atom stereocenters. The molecule has 1 aliphatic heterocycles. The highest BCUT2D eigenvalue weighted by molar-refractivity contribution is 4.92. The highest BCUT2D eigenvalue weighted by Crippen LogP contribution is 2.22. The van der Waals surface area contributed by atoms with Crippen LogP contribution in [-0.2, 0) is 6.54 Å². The molecule has 1 fully saturated rings. The Labute approximate surface area is 108 Å². The van der Waals surface area contributed by atoms with Crippen molar-refractivity contribution in [2.75, 3.05) is 13.1 Å². The quantitative estimate of drug-likeness (QED) is 0.891. The average Bonchev–Trinajstić information content (AvgIpc) is 2.67. The molecule has 1 saturated heterocycles. The van der Waals surface area contributed by atoms with Crippen LogP contribution in [0.2, 0.25) is 0 Å². The smallest absolute Gasteiger partial charge is 0.240 e. The number of aromatic nitrogens is 2. The molecule has 0 aromatic carbocycles. The second-order valence-corrected chi connectivity index (χ2v) is 5.83.